The van der Waals surface area contributed by atoms with Crippen molar-refractivity contribution >= 4 is 83.8 Å². The van der Waals surface area contributed by atoms with Crippen molar-refractivity contribution in [1.82, 2.24) is 9.13 Å². The number of hydrogen-bond acceptors (Lipinski definition) is 3. The van der Waals surface area contributed by atoms with Crippen LogP contribution >= 0.6 is 0 Å². The van der Waals surface area contributed by atoms with Gasteiger partial charge in [0.2, 0.25) is 0 Å². The second-order valence-electron chi connectivity index (χ2n) is 23.0. The van der Waals surface area contributed by atoms with Crippen molar-refractivity contribution in [1.29, 1.82) is 10.5 Å². The molecule has 11 rings (SSSR count). The van der Waals surface area contributed by atoms with Crippen molar-refractivity contribution in [3.63, 3.8) is 0 Å². The Morgan fingerprint density at radius 2 is 0.924 bits per heavy atom. The van der Waals surface area contributed by atoms with Crippen molar-refractivity contribution in [2.45, 2.75) is 105 Å². The van der Waals surface area contributed by atoms with Crippen molar-refractivity contribution < 1.29 is 0 Å². The second kappa shape index (κ2) is 13.8. The molecule has 4 heterocycles. The summed E-state index contributed by atoms with van der Waals surface area (Å²) in [4.78, 5) is 2.43. The van der Waals surface area contributed by atoms with Crippen molar-refractivity contribution in [2.75, 3.05) is 4.90 Å². The summed E-state index contributed by atoms with van der Waals surface area (Å²) in [6.07, 6.45) is 0. The van der Waals surface area contributed by atoms with E-state index in [1.54, 1.807) is 0 Å². The maximum Gasteiger partial charge on any atom is 0.252 e. The molecule has 2 aliphatic heterocycles. The van der Waals surface area contributed by atoms with Gasteiger partial charge in [0, 0.05) is 49.8 Å². The summed E-state index contributed by atoms with van der Waals surface area (Å²) in [6, 6.07) is 50.3. The molecule has 5 nitrogen and oxygen atoms in total. The molecular weight excluding hydrogens is 802 g/mol. The van der Waals surface area contributed by atoms with E-state index >= 15 is 0 Å². The molecule has 0 bridgehead atoms. The average molecular weight is 858 g/mol. The molecule has 0 aliphatic carbocycles. The molecule has 0 fully saturated rings. The first-order valence-corrected chi connectivity index (χ1v) is 23.4. The molecule has 0 saturated carbocycles. The molecule has 7 aromatic carbocycles. The van der Waals surface area contributed by atoms with Gasteiger partial charge in [0.15, 0.2) is 0 Å². The lowest BCUT2D eigenvalue weighted by Gasteiger charge is -2.41. The van der Waals surface area contributed by atoms with E-state index in [1.165, 1.54) is 44.1 Å². The Hall–Kier alpha value is -7.02. The smallest absolute Gasteiger partial charge is 0.252 e. The zero-order valence-corrected chi connectivity index (χ0v) is 40.4. The Kier molecular flexibility index (Phi) is 8.69. The number of hydrogen-bond donors (Lipinski definition) is 0. The van der Waals surface area contributed by atoms with Gasteiger partial charge in [0.05, 0.1) is 45.5 Å². The monoisotopic (exact) mass is 857 g/mol. The lowest BCUT2D eigenvalue weighted by atomic mass is 9.33. The van der Waals surface area contributed by atoms with Crippen LogP contribution in [0.25, 0.3) is 55.0 Å². The van der Waals surface area contributed by atoms with Gasteiger partial charge in [-0.3, -0.25) is 0 Å². The number of anilines is 3. The highest BCUT2D eigenvalue weighted by Crippen LogP contribution is 2.46. The summed E-state index contributed by atoms with van der Waals surface area (Å²) in [5, 5.41) is 25.8. The van der Waals surface area contributed by atoms with E-state index in [0.29, 0.717) is 11.1 Å². The van der Waals surface area contributed by atoms with Gasteiger partial charge in [-0.25, -0.2) is 0 Å². The molecule has 6 heteroatoms. The summed E-state index contributed by atoms with van der Waals surface area (Å²) in [5.41, 5.74) is 19.3. The van der Waals surface area contributed by atoms with Crippen LogP contribution in [0.1, 0.15) is 116 Å². The average Bonchev–Trinajstić information content (AvgIpc) is 3.78. The van der Waals surface area contributed by atoms with Crippen LogP contribution in [0.3, 0.4) is 0 Å². The minimum atomic E-state index is -0.245. The number of nitriles is 2. The summed E-state index contributed by atoms with van der Waals surface area (Å²) >= 11 is 0. The lowest BCUT2D eigenvalue weighted by molar-refractivity contribution is 0.590. The SMILES string of the molecule is CC(C)(C)c1ccc(N2c3ccc(C#N)cc3B3c4c2cc(-n2c5cc(C(C)(C)C)ccc5c5ccc(C(C)(C)C)cc52)cc4-n2c4ccc(C(C)(C)C)cc4c4cc(C#N)cc3c42)cc1. The van der Waals surface area contributed by atoms with Gasteiger partial charge in [-0.2, -0.15) is 10.5 Å². The molecule has 0 radical (unpaired) electrons. The number of aromatic nitrogens is 2. The number of nitrogens with zero attached hydrogens (tertiary/aromatic N) is 5. The summed E-state index contributed by atoms with van der Waals surface area (Å²) < 4.78 is 5.01. The zero-order chi connectivity index (χ0) is 46.6. The minimum Gasteiger partial charge on any atom is -0.311 e. The second-order valence-corrected chi connectivity index (χ2v) is 23.0. The van der Waals surface area contributed by atoms with Gasteiger partial charge in [0.25, 0.3) is 6.71 Å². The number of fused-ring (bicyclic) bond motifs is 10. The standard InChI is InChI=1S/C60H56BN5/c1-57(2,3)37-14-19-41(20-15-37)64-50-23-13-35(33-62)26-47(50)61-48-27-36(34-63)25-46-45-28-38(58(4,5)6)18-24-49(45)66(56(46)48)54-32-42(31-53(64)55(54)61)65-51-29-39(59(7,8)9)16-21-43(51)44-22-17-40(30-52(44)65)60(10,11)12/h13-32H,1-12H3. The van der Waals surface area contributed by atoms with Crippen molar-refractivity contribution in [3.05, 3.63) is 155 Å². The van der Waals surface area contributed by atoms with Crippen molar-refractivity contribution in [3.8, 4) is 23.5 Å². The molecular formula is C60H56BN5. The Labute approximate surface area is 389 Å². The predicted octanol–water partition coefficient (Wildman–Crippen LogP) is 13.4. The summed E-state index contributed by atoms with van der Waals surface area (Å²) in [6.45, 7) is 27.1. The van der Waals surface area contributed by atoms with E-state index in [2.05, 4.69) is 225 Å². The third-order valence-electron chi connectivity index (χ3n) is 14.5. The maximum absolute atomic E-state index is 10.7. The summed E-state index contributed by atoms with van der Waals surface area (Å²) in [7, 11) is 0. The quantitative estimate of drug-likeness (QED) is 0.163. The van der Waals surface area contributed by atoms with Crippen LogP contribution < -0.4 is 21.3 Å². The Morgan fingerprint density at radius 1 is 0.394 bits per heavy atom. The van der Waals surface area contributed by atoms with Crippen LogP contribution in [0.2, 0.25) is 0 Å². The number of benzene rings is 7. The van der Waals surface area contributed by atoms with Crippen LogP contribution in [0.5, 0.6) is 0 Å². The van der Waals surface area contributed by atoms with Crippen LogP contribution in [0, 0.1) is 22.7 Å². The van der Waals surface area contributed by atoms with Gasteiger partial charge in [0.1, 0.15) is 0 Å². The topological polar surface area (TPSA) is 60.7 Å². The van der Waals surface area contributed by atoms with Gasteiger partial charge in [-0.1, -0.05) is 126 Å². The molecule has 66 heavy (non-hydrogen) atoms. The Bertz CT molecular complexity index is 3580. The Balaban J connectivity index is 1.34. The first kappa shape index (κ1) is 41.7. The minimum absolute atomic E-state index is 0.0194. The fraction of sp³-hybridized carbons (Fsp3) is 0.267. The zero-order valence-electron chi connectivity index (χ0n) is 40.4. The predicted molar refractivity (Wildman–Crippen MR) is 279 cm³/mol. The van der Waals surface area contributed by atoms with Gasteiger partial charge in [-0.15, -0.1) is 0 Å². The fourth-order valence-electron chi connectivity index (χ4n) is 10.9. The molecule has 0 unspecified atom stereocenters. The lowest BCUT2D eigenvalue weighted by Crippen LogP contribution is -2.60. The highest BCUT2D eigenvalue weighted by molar-refractivity contribution is 7.00. The third-order valence-corrected chi connectivity index (χ3v) is 14.5. The van der Waals surface area contributed by atoms with Crippen LogP contribution in [-0.2, 0) is 21.7 Å². The first-order chi connectivity index (χ1) is 31.1. The van der Waals surface area contributed by atoms with Crippen LogP contribution in [0.15, 0.2) is 121 Å². The summed E-state index contributed by atoms with van der Waals surface area (Å²) in [5.74, 6) is 0. The molecule has 0 amide bonds. The fourth-order valence-corrected chi connectivity index (χ4v) is 10.9. The van der Waals surface area contributed by atoms with Crippen LogP contribution in [0.4, 0.5) is 17.1 Å². The molecule has 0 atom stereocenters. The first-order valence-electron chi connectivity index (χ1n) is 23.4. The molecule has 324 valence electrons. The molecule has 2 aromatic heterocycles. The van der Waals surface area contributed by atoms with E-state index in [0.717, 1.165) is 66.6 Å². The molecule has 0 saturated heterocycles. The third kappa shape index (κ3) is 6.11. The van der Waals surface area contributed by atoms with E-state index in [9.17, 15) is 10.5 Å². The van der Waals surface area contributed by atoms with E-state index in [4.69, 9.17) is 0 Å². The normalized spacial score (nSPS) is 13.7. The highest BCUT2D eigenvalue weighted by atomic mass is 15.2. The molecule has 2 aliphatic rings. The maximum atomic E-state index is 10.7. The molecule has 9 aromatic rings. The van der Waals surface area contributed by atoms with Crippen LogP contribution in [-0.4, -0.2) is 15.8 Å². The van der Waals surface area contributed by atoms with Gasteiger partial charge < -0.3 is 14.0 Å². The largest absolute Gasteiger partial charge is 0.311 e. The van der Waals surface area contributed by atoms with Gasteiger partial charge in [-0.05, 0) is 139 Å². The van der Waals surface area contributed by atoms with Crippen molar-refractivity contribution in [2.24, 2.45) is 0 Å². The number of rotatable bonds is 2. The van der Waals surface area contributed by atoms with E-state index in [1.807, 2.05) is 6.07 Å². The Morgan fingerprint density at radius 3 is 1.50 bits per heavy atom. The van der Waals surface area contributed by atoms with E-state index in [-0.39, 0.29) is 28.4 Å². The van der Waals surface area contributed by atoms with Gasteiger partial charge >= 0.3 is 0 Å². The highest BCUT2D eigenvalue weighted by Gasteiger charge is 2.43. The van der Waals surface area contributed by atoms with E-state index < -0.39 is 0 Å². The molecule has 0 spiro atoms. The molecule has 0 N–H and O–H groups in total.